The number of hydrogen-bond acceptors (Lipinski definition) is 3. The lowest BCUT2D eigenvalue weighted by atomic mass is 9.62. The first-order valence-electron chi connectivity index (χ1n) is 18.7. The Balaban J connectivity index is 1.13. The minimum absolute atomic E-state index is 0.175. The van der Waals surface area contributed by atoms with Crippen molar-refractivity contribution in [1.29, 1.82) is 0 Å². The van der Waals surface area contributed by atoms with Crippen LogP contribution in [0.3, 0.4) is 0 Å². The third-order valence-corrected chi connectivity index (χ3v) is 12.7. The summed E-state index contributed by atoms with van der Waals surface area (Å²) in [5.74, 6) is 3.22. The summed E-state index contributed by atoms with van der Waals surface area (Å²) in [6.45, 7) is 0. The molecule has 0 bridgehead atoms. The van der Waals surface area contributed by atoms with Crippen LogP contribution in [0.5, 0.6) is 0 Å². The molecule has 12 rings (SSSR count). The Bertz CT molecular complexity index is 2750. The lowest BCUT2D eigenvalue weighted by Crippen LogP contribution is -2.37. The molecule has 0 radical (unpaired) electrons. The fourth-order valence-corrected chi connectivity index (χ4v) is 10.7. The molecule has 1 spiro atoms. The van der Waals surface area contributed by atoms with Crippen LogP contribution in [0.15, 0.2) is 176 Å². The number of hydrogen-bond donors (Lipinski definition) is 0. The first kappa shape index (κ1) is 29.2. The van der Waals surface area contributed by atoms with E-state index in [4.69, 9.17) is 15.0 Å². The van der Waals surface area contributed by atoms with E-state index in [1.807, 2.05) is 36.4 Å². The molecular weight excluding hydrogens is 643 g/mol. The summed E-state index contributed by atoms with van der Waals surface area (Å²) in [6.07, 6.45) is 16.8. The van der Waals surface area contributed by atoms with Gasteiger partial charge in [0.2, 0.25) is 0 Å². The fourth-order valence-electron chi connectivity index (χ4n) is 10.7. The Hall–Kier alpha value is -6.45. The van der Waals surface area contributed by atoms with E-state index < -0.39 is 0 Å². The highest BCUT2D eigenvalue weighted by atomic mass is 15.0. The molecule has 5 aliphatic rings. The first-order valence-corrected chi connectivity index (χ1v) is 18.7. The van der Waals surface area contributed by atoms with Gasteiger partial charge in [0.25, 0.3) is 0 Å². The normalized spacial score (nSPS) is 23.4. The second-order valence-corrected chi connectivity index (χ2v) is 15.0. The predicted octanol–water partition coefficient (Wildman–Crippen LogP) is 11.5. The predicted molar refractivity (Wildman–Crippen MR) is 215 cm³/mol. The van der Waals surface area contributed by atoms with E-state index >= 15 is 0 Å². The van der Waals surface area contributed by atoms with Gasteiger partial charge < -0.3 is 0 Å². The monoisotopic (exact) mass is 675 g/mol. The van der Waals surface area contributed by atoms with Gasteiger partial charge in [-0.25, -0.2) is 15.0 Å². The maximum absolute atomic E-state index is 5.19. The van der Waals surface area contributed by atoms with Crippen molar-refractivity contribution in [3.8, 4) is 56.2 Å². The van der Waals surface area contributed by atoms with E-state index in [-0.39, 0.29) is 17.3 Å². The molecule has 6 aromatic carbocycles. The molecule has 0 N–H and O–H groups in total. The quantitative estimate of drug-likeness (QED) is 0.187. The summed E-state index contributed by atoms with van der Waals surface area (Å²) < 4.78 is 0. The van der Waals surface area contributed by atoms with Crippen LogP contribution in [0.25, 0.3) is 72.5 Å². The first-order chi connectivity index (χ1) is 26.3. The molecule has 1 fully saturated rings. The van der Waals surface area contributed by atoms with Gasteiger partial charge in [0.1, 0.15) is 0 Å². The second-order valence-electron chi connectivity index (χ2n) is 15.0. The molecule has 0 amide bonds. The highest BCUT2D eigenvalue weighted by molar-refractivity contribution is 6.20. The average molecular weight is 676 g/mol. The molecule has 3 heteroatoms. The van der Waals surface area contributed by atoms with Crippen molar-refractivity contribution in [3.63, 3.8) is 0 Å². The molecule has 3 nitrogen and oxygen atoms in total. The SMILES string of the molecule is C1=CC2C3C=CC(c4nc(-c5ccccc5)nc(-c5ccccc5)n4)=CC3C3(c4ccccc4-c4c3cc3c5c(cccc45)-c4ccccc4-3)C2C=C1. The zero-order valence-electron chi connectivity index (χ0n) is 28.9. The van der Waals surface area contributed by atoms with Crippen molar-refractivity contribution in [2.24, 2.45) is 23.7 Å². The Morgan fingerprint density at radius 1 is 0.453 bits per heavy atom. The molecule has 1 aromatic heterocycles. The number of nitrogens with zero attached hydrogens (tertiary/aromatic N) is 3. The highest BCUT2D eigenvalue weighted by Gasteiger charge is 2.63. The molecule has 7 aromatic rings. The van der Waals surface area contributed by atoms with Crippen molar-refractivity contribution < 1.29 is 0 Å². The van der Waals surface area contributed by atoms with Gasteiger partial charge in [0, 0.05) is 22.1 Å². The fraction of sp³-hybridized carbons (Fsp3) is 0.100. The second kappa shape index (κ2) is 10.8. The van der Waals surface area contributed by atoms with E-state index in [9.17, 15) is 0 Å². The van der Waals surface area contributed by atoms with Crippen molar-refractivity contribution in [2.45, 2.75) is 5.41 Å². The number of benzene rings is 6. The van der Waals surface area contributed by atoms with Crippen LogP contribution in [0.4, 0.5) is 0 Å². The van der Waals surface area contributed by atoms with E-state index in [1.165, 1.54) is 55.3 Å². The molecule has 5 atom stereocenters. The van der Waals surface area contributed by atoms with Gasteiger partial charge in [-0.3, -0.25) is 0 Å². The molecule has 5 aliphatic carbocycles. The van der Waals surface area contributed by atoms with E-state index in [1.54, 1.807) is 0 Å². The summed E-state index contributed by atoms with van der Waals surface area (Å²) in [4.78, 5) is 15.4. The minimum atomic E-state index is -0.283. The third kappa shape index (κ3) is 3.86. The summed E-state index contributed by atoms with van der Waals surface area (Å²) >= 11 is 0. The van der Waals surface area contributed by atoms with Gasteiger partial charge in [-0.1, -0.05) is 170 Å². The number of fused-ring (bicyclic) bond motifs is 14. The lowest BCUT2D eigenvalue weighted by molar-refractivity contribution is 0.372. The van der Waals surface area contributed by atoms with Crippen molar-refractivity contribution in [1.82, 2.24) is 15.0 Å². The zero-order chi connectivity index (χ0) is 34.7. The maximum Gasteiger partial charge on any atom is 0.164 e. The zero-order valence-corrected chi connectivity index (χ0v) is 28.9. The van der Waals surface area contributed by atoms with E-state index in [0.29, 0.717) is 29.3 Å². The van der Waals surface area contributed by atoms with Crippen molar-refractivity contribution >= 4 is 16.3 Å². The van der Waals surface area contributed by atoms with Crippen LogP contribution in [-0.2, 0) is 5.41 Å². The third-order valence-electron chi connectivity index (χ3n) is 12.7. The summed E-state index contributed by atoms with van der Waals surface area (Å²) in [5, 5.41) is 2.75. The Morgan fingerprint density at radius 3 is 1.81 bits per heavy atom. The smallest absolute Gasteiger partial charge is 0.164 e. The van der Waals surface area contributed by atoms with Gasteiger partial charge in [-0.15, -0.1) is 0 Å². The van der Waals surface area contributed by atoms with Crippen LogP contribution in [-0.4, -0.2) is 15.0 Å². The highest BCUT2D eigenvalue weighted by Crippen LogP contribution is 2.69. The van der Waals surface area contributed by atoms with Crippen LogP contribution < -0.4 is 0 Å². The van der Waals surface area contributed by atoms with Crippen LogP contribution >= 0.6 is 0 Å². The molecule has 0 aliphatic heterocycles. The van der Waals surface area contributed by atoms with Gasteiger partial charge >= 0.3 is 0 Å². The van der Waals surface area contributed by atoms with E-state index in [2.05, 4.69) is 140 Å². The Morgan fingerprint density at radius 2 is 1.06 bits per heavy atom. The van der Waals surface area contributed by atoms with Crippen LogP contribution in [0, 0.1) is 23.7 Å². The topological polar surface area (TPSA) is 38.7 Å². The van der Waals surface area contributed by atoms with E-state index in [0.717, 1.165) is 16.7 Å². The summed E-state index contributed by atoms with van der Waals surface area (Å²) in [7, 11) is 0. The number of aromatic nitrogens is 3. The molecule has 5 unspecified atom stereocenters. The Labute approximate surface area is 308 Å². The molecular formula is C50H33N3. The van der Waals surface area contributed by atoms with Gasteiger partial charge in [0.05, 0.1) is 0 Å². The van der Waals surface area contributed by atoms with Gasteiger partial charge in [-0.2, -0.15) is 0 Å². The largest absolute Gasteiger partial charge is 0.208 e. The Kier molecular flexibility index (Phi) is 5.93. The van der Waals surface area contributed by atoms with Crippen molar-refractivity contribution in [3.05, 3.63) is 193 Å². The lowest BCUT2D eigenvalue weighted by Gasteiger charge is -2.39. The minimum Gasteiger partial charge on any atom is -0.208 e. The standard InChI is InChI=1S/C50H33N3/c1-3-14-30(15-4-1)47-51-48(31-16-5-2-6-17-31)53-49(52-47)32-26-27-36-35-20-9-11-24-41(35)50(43(36)28-32)42-25-12-10-21-38(42)46-39-23-13-22-37-33-18-7-8-19-34(33)40(45(37)39)29-44(46)50/h1-29,35-36,41,43H. The number of rotatable bonds is 3. The van der Waals surface area contributed by atoms with Gasteiger partial charge in [-0.05, 0) is 85.0 Å². The molecule has 1 heterocycles. The number of allylic oxidation sites excluding steroid dienone is 8. The average Bonchev–Trinajstić information content (AvgIpc) is 3.84. The summed E-state index contributed by atoms with van der Waals surface area (Å²) in [5.41, 5.74) is 13.8. The molecule has 248 valence electrons. The molecule has 1 saturated carbocycles. The summed E-state index contributed by atoms with van der Waals surface area (Å²) in [6, 6.07) is 48.3. The van der Waals surface area contributed by atoms with Gasteiger partial charge in [0.15, 0.2) is 17.5 Å². The van der Waals surface area contributed by atoms with Crippen LogP contribution in [0.2, 0.25) is 0 Å². The maximum atomic E-state index is 5.19. The molecule has 0 saturated heterocycles. The van der Waals surface area contributed by atoms with Crippen molar-refractivity contribution in [2.75, 3.05) is 0 Å². The molecule has 53 heavy (non-hydrogen) atoms. The van der Waals surface area contributed by atoms with Crippen LogP contribution in [0.1, 0.15) is 17.0 Å².